The number of likely N-dealkylation sites (N-methyl/N-ethyl adjacent to an activating group) is 1. The second-order valence-corrected chi connectivity index (χ2v) is 19.9. The van der Waals surface area contributed by atoms with Gasteiger partial charge in [-0.25, -0.2) is 19.6 Å². The molecule has 71 heavy (non-hydrogen) atoms. The number of hydrogen-bond acceptors (Lipinski definition) is 12. The number of rotatable bonds is 14. The first-order valence-corrected chi connectivity index (χ1v) is 24.4. The van der Waals surface area contributed by atoms with Crippen molar-refractivity contribution in [3.63, 3.8) is 0 Å². The first-order chi connectivity index (χ1) is 33.8. The SMILES string of the molecule is COC(=O)N[C@H](C(=O)N1C[C@@H](N(C)C)C[C@H]1c1ncc(-c2ccc(-c3ccc(C(=O)Nc4ccc(N5CCN(C(=O)[C@]6(C)CCCN6C(=O)[C@@H](NC(=O)OC)C(C)C)C[C@H]5C)nc4)cc3)cc2)[nH]1)C(C)C. The van der Waals surface area contributed by atoms with Crippen LogP contribution in [0.1, 0.15) is 83.0 Å². The highest BCUT2D eigenvalue weighted by molar-refractivity contribution is 6.04. The lowest BCUT2D eigenvalue weighted by Gasteiger charge is -2.45. The molecule has 4 aromatic rings. The number of benzene rings is 2. The van der Waals surface area contributed by atoms with Gasteiger partial charge in [-0.2, -0.15) is 0 Å². The van der Waals surface area contributed by atoms with Crippen molar-refractivity contribution in [1.29, 1.82) is 0 Å². The number of amides is 6. The van der Waals surface area contributed by atoms with E-state index in [1.165, 1.54) is 14.2 Å². The number of carbonyl (C=O) groups excluding carboxylic acids is 6. The first-order valence-electron chi connectivity index (χ1n) is 24.4. The fourth-order valence-electron chi connectivity index (χ4n) is 9.94. The molecule has 3 saturated heterocycles. The zero-order chi connectivity index (χ0) is 51.3. The number of nitrogens with zero attached hydrogens (tertiary/aromatic N) is 7. The maximum absolute atomic E-state index is 14.2. The molecule has 3 fully saturated rings. The van der Waals surface area contributed by atoms with Gasteiger partial charge in [-0.05, 0) is 100.0 Å². The van der Waals surface area contributed by atoms with Gasteiger partial charge in [0.25, 0.3) is 5.91 Å². The maximum atomic E-state index is 14.2. The van der Waals surface area contributed by atoms with Gasteiger partial charge in [0.15, 0.2) is 0 Å². The predicted molar refractivity (Wildman–Crippen MR) is 269 cm³/mol. The number of anilines is 2. The summed E-state index contributed by atoms with van der Waals surface area (Å²) in [7, 11) is 6.52. The van der Waals surface area contributed by atoms with Gasteiger partial charge < -0.3 is 54.9 Å². The van der Waals surface area contributed by atoms with Gasteiger partial charge in [-0.3, -0.25) is 19.2 Å². The van der Waals surface area contributed by atoms with Crippen molar-refractivity contribution in [2.24, 2.45) is 11.8 Å². The zero-order valence-electron chi connectivity index (χ0n) is 42.5. The summed E-state index contributed by atoms with van der Waals surface area (Å²) < 4.78 is 9.57. The summed E-state index contributed by atoms with van der Waals surface area (Å²) >= 11 is 0. The predicted octanol–water partition coefficient (Wildman–Crippen LogP) is 5.77. The van der Waals surface area contributed by atoms with Gasteiger partial charge in [0.1, 0.15) is 29.3 Å². The van der Waals surface area contributed by atoms with Crippen LogP contribution in [0.2, 0.25) is 0 Å². The molecule has 6 amide bonds. The number of alkyl carbamates (subject to hydrolysis) is 2. The van der Waals surface area contributed by atoms with Crippen LogP contribution in [0.3, 0.4) is 0 Å². The lowest BCUT2D eigenvalue weighted by atomic mass is 9.93. The Morgan fingerprint density at radius 2 is 1.37 bits per heavy atom. The number of hydrogen-bond donors (Lipinski definition) is 4. The Balaban J connectivity index is 0.932. The second-order valence-electron chi connectivity index (χ2n) is 19.9. The van der Waals surface area contributed by atoms with E-state index in [9.17, 15) is 28.8 Å². The molecule has 4 N–H and O–H groups in total. The van der Waals surface area contributed by atoms with E-state index in [0.29, 0.717) is 69.1 Å². The number of aromatic nitrogens is 3. The van der Waals surface area contributed by atoms with Crippen LogP contribution in [-0.2, 0) is 23.9 Å². The zero-order valence-corrected chi connectivity index (χ0v) is 42.5. The van der Waals surface area contributed by atoms with E-state index in [1.807, 2.05) is 114 Å². The van der Waals surface area contributed by atoms with E-state index in [4.69, 9.17) is 14.5 Å². The molecule has 380 valence electrons. The number of carbonyl (C=O) groups is 6. The fourth-order valence-corrected chi connectivity index (χ4v) is 9.94. The molecular formula is C52H69N11O8. The van der Waals surface area contributed by atoms with Crippen molar-refractivity contribution in [3.8, 4) is 22.4 Å². The average molecular weight is 976 g/mol. The van der Waals surface area contributed by atoms with Gasteiger partial charge in [-0.15, -0.1) is 0 Å². The van der Waals surface area contributed by atoms with Gasteiger partial charge >= 0.3 is 12.2 Å². The van der Waals surface area contributed by atoms with E-state index in [0.717, 1.165) is 28.2 Å². The Labute approximate surface area is 416 Å². The number of imidazole rings is 1. The molecule has 19 nitrogen and oxygen atoms in total. The van der Waals surface area contributed by atoms with Crippen molar-refractivity contribution in [1.82, 2.24) is 45.2 Å². The van der Waals surface area contributed by atoms with Crippen LogP contribution in [0.4, 0.5) is 21.1 Å². The van der Waals surface area contributed by atoms with E-state index in [-0.39, 0.29) is 53.6 Å². The van der Waals surface area contributed by atoms with E-state index >= 15 is 0 Å². The minimum absolute atomic E-state index is 0.0711. The average Bonchev–Trinajstić information content (AvgIpc) is 4.14. The van der Waals surface area contributed by atoms with Crippen LogP contribution in [-0.4, -0.2) is 161 Å². The fraction of sp³-hybridized carbons (Fsp3) is 0.500. The third-order valence-electron chi connectivity index (χ3n) is 14.2. The summed E-state index contributed by atoms with van der Waals surface area (Å²) in [6, 6.07) is 17.3. The number of ether oxygens (including phenoxy) is 2. The first kappa shape index (κ1) is 51.8. The molecule has 2 aromatic carbocycles. The van der Waals surface area contributed by atoms with Crippen LogP contribution in [0.15, 0.2) is 73.1 Å². The van der Waals surface area contributed by atoms with Gasteiger partial charge in [0, 0.05) is 50.4 Å². The number of H-pyrrole nitrogens is 1. The molecule has 3 aliphatic rings. The molecule has 0 unspecified atom stereocenters. The summed E-state index contributed by atoms with van der Waals surface area (Å²) in [5.41, 5.74) is 3.63. The van der Waals surface area contributed by atoms with Crippen LogP contribution in [0.5, 0.6) is 0 Å². The summed E-state index contributed by atoms with van der Waals surface area (Å²) in [4.78, 5) is 102. The smallest absolute Gasteiger partial charge is 0.407 e. The lowest BCUT2D eigenvalue weighted by Crippen LogP contribution is -2.64. The Morgan fingerprint density at radius 1 is 0.761 bits per heavy atom. The molecule has 0 spiro atoms. The largest absolute Gasteiger partial charge is 0.453 e. The Morgan fingerprint density at radius 3 is 1.93 bits per heavy atom. The standard InChI is InChI=1S/C52H69N11O8/c1-31(2)43(57-50(68)70-9)47(65)62-30-39(59(7)8)26-41(62)45-54-28-40(56-45)36-16-12-34(13-17-36)35-14-18-37(19-15-35)46(64)55-38-20-21-42(53-27-38)61-25-24-60(29-33(61)5)49(67)52(6)22-11-23-63(52)48(66)44(32(3)4)58-51(69)71-10/h12-21,27-28,31-33,39,41,43-44H,11,22-26,29-30H2,1-10H3,(H,54,56)(H,55,64)(H,57,68)(H,58,69)/t33-,39+,41+,43+,44+,52+/m1/s1. The normalized spacial score (nSPS) is 21.1. The molecule has 6 atom stereocenters. The summed E-state index contributed by atoms with van der Waals surface area (Å²) in [6.07, 6.45) is 3.97. The van der Waals surface area contributed by atoms with Crippen LogP contribution < -0.4 is 20.9 Å². The molecule has 7 rings (SSSR count). The molecule has 0 bridgehead atoms. The molecule has 0 saturated carbocycles. The molecule has 3 aliphatic heterocycles. The van der Waals surface area contributed by atoms with Crippen LogP contribution >= 0.6 is 0 Å². The third kappa shape index (κ3) is 11.3. The highest BCUT2D eigenvalue weighted by atomic mass is 16.5. The molecule has 2 aromatic heterocycles. The molecule has 0 radical (unpaired) electrons. The lowest BCUT2D eigenvalue weighted by molar-refractivity contribution is -0.152. The van der Waals surface area contributed by atoms with E-state index in [1.54, 1.807) is 29.4 Å². The van der Waals surface area contributed by atoms with Crippen molar-refractivity contribution < 1.29 is 38.2 Å². The number of pyridine rings is 1. The van der Waals surface area contributed by atoms with Crippen molar-refractivity contribution in [2.75, 3.05) is 71.3 Å². The highest BCUT2D eigenvalue weighted by Gasteiger charge is 2.50. The Bertz CT molecular complexity index is 2550. The molecular weight excluding hydrogens is 907 g/mol. The molecule has 0 aliphatic carbocycles. The van der Waals surface area contributed by atoms with Gasteiger partial charge in [0.05, 0.1) is 44.0 Å². The van der Waals surface area contributed by atoms with Gasteiger partial charge in [0.2, 0.25) is 17.7 Å². The van der Waals surface area contributed by atoms with Crippen LogP contribution in [0, 0.1) is 11.8 Å². The minimum atomic E-state index is -1.03. The Kier molecular flexibility index (Phi) is 16.0. The third-order valence-corrected chi connectivity index (χ3v) is 14.2. The minimum Gasteiger partial charge on any atom is -0.453 e. The molecule has 19 heteroatoms. The Hall–Kier alpha value is -7.02. The number of piperazine rings is 1. The number of aromatic amines is 1. The van der Waals surface area contributed by atoms with Crippen molar-refractivity contribution in [3.05, 3.63) is 84.4 Å². The van der Waals surface area contributed by atoms with E-state index < -0.39 is 29.8 Å². The molecule has 5 heterocycles. The summed E-state index contributed by atoms with van der Waals surface area (Å²) in [6.45, 7) is 13.7. The maximum Gasteiger partial charge on any atom is 0.407 e. The quantitative estimate of drug-likeness (QED) is 0.119. The van der Waals surface area contributed by atoms with Gasteiger partial charge in [-0.1, -0.05) is 64.1 Å². The highest BCUT2D eigenvalue weighted by Crippen LogP contribution is 2.36. The number of nitrogens with one attached hydrogen (secondary N) is 4. The van der Waals surface area contributed by atoms with Crippen LogP contribution in [0.25, 0.3) is 22.4 Å². The second kappa shape index (κ2) is 22.0. The van der Waals surface area contributed by atoms with E-state index in [2.05, 4.69) is 35.7 Å². The topological polar surface area (TPSA) is 215 Å². The number of methoxy groups -OCH3 is 2. The van der Waals surface area contributed by atoms with Crippen molar-refractivity contribution >= 4 is 47.3 Å². The monoisotopic (exact) mass is 976 g/mol. The number of likely N-dealkylation sites (tertiary alicyclic amines) is 2. The summed E-state index contributed by atoms with van der Waals surface area (Å²) in [5.74, 6) is 0.190. The van der Waals surface area contributed by atoms with Crippen molar-refractivity contribution in [2.45, 2.75) is 96.6 Å². The summed E-state index contributed by atoms with van der Waals surface area (Å²) in [5, 5.41) is 8.32.